The van der Waals surface area contributed by atoms with Gasteiger partial charge in [0.25, 0.3) is 0 Å². The molecule has 1 N–H and O–H groups in total. The highest BCUT2D eigenvalue weighted by atomic mass is 16.5. The smallest absolute Gasteiger partial charge is 0.324 e. The first-order chi connectivity index (χ1) is 9.21. The number of carbonyl (C=O) groups is 1. The first kappa shape index (κ1) is 16.4. The fraction of sp³-hybridized carbons (Fsp3) is 0.929. The molecule has 2 atom stereocenters. The largest absolute Gasteiger partial charge is 0.465 e. The summed E-state index contributed by atoms with van der Waals surface area (Å²) in [6, 6.07) is -0.226. The molecule has 0 saturated carbocycles. The summed E-state index contributed by atoms with van der Waals surface area (Å²) in [5.41, 5.74) is 0. The van der Waals surface area contributed by atoms with Crippen LogP contribution in [0.5, 0.6) is 0 Å². The maximum Gasteiger partial charge on any atom is 0.324 e. The van der Waals surface area contributed by atoms with E-state index in [0.717, 1.165) is 39.1 Å². The van der Waals surface area contributed by atoms with Crippen molar-refractivity contribution < 1.29 is 14.3 Å². The molecule has 0 aromatic heterocycles. The summed E-state index contributed by atoms with van der Waals surface area (Å²) in [6.07, 6.45) is 2.32. The second-order valence-corrected chi connectivity index (χ2v) is 4.92. The summed E-state index contributed by atoms with van der Waals surface area (Å²) >= 11 is 0. The van der Waals surface area contributed by atoms with Crippen molar-refractivity contribution in [2.24, 2.45) is 0 Å². The van der Waals surface area contributed by atoms with Gasteiger partial charge in [0.05, 0.1) is 19.3 Å². The minimum Gasteiger partial charge on any atom is -0.465 e. The van der Waals surface area contributed by atoms with Crippen LogP contribution in [0.4, 0.5) is 0 Å². The molecule has 0 aromatic carbocycles. The second-order valence-electron chi connectivity index (χ2n) is 4.92. The third-order valence-corrected chi connectivity index (χ3v) is 3.33. The lowest BCUT2D eigenvalue weighted by molar-refractivity contribution is -0.146. The van der Waals surface area contributed by atoms with E-state index in [-0.39, 0.29) is 12.0 Å². The van der Waals surface area contributed by atoms with Gasteiger partial charge in [-0.05, 0) is 26.3 Å². The molecule has 0 amide bonds. The van der Waals surface area contributed by atoms with Crippen molar-refractivity contribution in [2.45, 2.75) is 45.8 Å². The number of morpholine rings is 1. The molecule has 5 nitrogen and oxygen atoms in total. The van der Waals surface area contributed by atoms with Crippen LogP contribution in [0, 0.1) is 0 Å². The van der Waals surface area contributed by atoms with Crippen molar-refractivity contribution in [2.75, 3.05) is 39.4 Å². The first-order valence-corrected chi connectivity index (χ1v) is 7.45. The zero-order valence-electron chi connectivity index (χ0n) is 12.5. The zero-order valence-corrected chi connectivity index (χ0v) is 12.5. The van der Waals surface area contributed by atoms with Crippen LogP contribution >= 0.6 is 0 Å². The zero-order chi connectivity index (χ0) is 14.1. The summed E-state index contributed by atoms with van der Waals surface area (Å²) in [6.45, 7) is 10.6. The fourth-order valence-electron chi connectivity index (χ4n) is 2.24. The van der Waals surface area contributed by atoms with E-state index in [9.17, 15) is 4.79 Å². The third-order valence-electron chi connectivity index (χ3n) is 3.33. The fourth-order valence-corrected chi connectivity index (χ4v) is 2.24. The van der Waals surface area contributed by atoms with Crippen LogP contribution in [0.15, 0.2) is 0 Å². The van der Waals surface area contributed by atoms with Crippen LogP contribution in [-0.4, -0.2) is 62.4 Å². The van der Waals surface area contributed by atoms with E-state index in [1.807, 2.05) is 6.92 Å². The van der Waals surface area contributed by atoms with Gasteiger partial charge in [-0.1, -0.05) is 13.8 Å². The number of hydrogen-bond acceptors (Lipinski definition) is 5. The summed E-state index contributed by atoms with van der Waals surface area (Å²) in [4.78, 5) is 14.2. The molecule has 1 rings (SSSR count). The monoisotopic (exact) mass is 272 g/mol. The van der Waals surface area contributed by atoms with E-state index in [1.165, 1.54) is 0 Å². The van der Waals surface area contributed by atoms with Crippen molar-refractivity contribution in [3.05, 3.63) is 0 Å². The molecule has 0 bridgehead atoms. The SMILES string of the molecule is CCCNC(CN1CCOC(CC)C1)C(=O)OCC. The van der Waals surface area contributed by atoms with Gasteiger partial charge in [0.1, 0.15) is 6.04 Å². The number of carbonyl (C=O) groups excluding carboxylic acids is 1. The quantitative estimate of drug-likeness (QED) is 0.669. The molecular weight excluding hydrogens is 244 g/mol. The van der Waals surface area contributed by atoms with E-state index in [2.05, 4.69) is 24.1 Å². The van der Waals surface area contributed by atoms with Gasteiger partial charge in [0, 0.05) is 19.6 Å². The highest BCUT2D eigenvalue weighted by molar-refractivity contribution is 5.76. The predicted octanol–water partition coefficient (Wildman–Crippen LogP) is 1.03. The van der Waals surface area contributed by atoms with Crippen LogP contribution in [0.1, 0.15) is 33.6 Å². The molecule has 1 saturated heterocycles. The molecular formula is C14H28N2O3. The Morgan fingerprint density at radius 1 is 1.47 bits per heavy atom. The Hall–Kier alpha value is -0.650. The Kier molecular flexibility index (Phi) is 8.02. The molecule has 0 radical (unpaired) electrons. The number of hydrogen-bond donors (Lipinski definition) is 1. The van der Waals surface area contributed by atoms with Gasteiger partial charge in [0.2, 0.25) is 0 Å². The summed E-state index contributed by atoms with van der Waals surface area (Å²) in [5.74, 6) is -0.143. The second kappa shape index (κ2) is 9.28. The third kappa shape index (κ3) is 5.89. The van der Waals surface area contributed by atoms with Gasteiger partial charge in [-0.2, -0.15) is 0 Å². The number of ether oxygens (including phenoxy) is 2. The van der Waals surface area contributed by atoms with Gasteiger partial charge in [-0.3, -0.25) is 9.69 Å². The van der Waals surface area contributed by atoms with E-state index in [4.69, 9.17) is 9.47 Å². The lowest BCUT2D eigenvalue weighted by atomic mass is 10.2. The van der Waals surface area contributed by atoms with Crippen LogP contribution in [0.2, 0.25) is 0 Å². The average Bonchev–Trinajstić information content (AvgIpc) is 2.43. The molecule has 112 valence electrons. The summed E-state index contributed by atoms with van der Waals surface area (Å²) < 4.78 is 10.8. The predicted molar refractivity (Wildman–Crippen MR) is 75.2 cm³/mol. The molecule has 5 heteroatoms. The Labute approximate surface area is 116 Å². The van der Waals surface area contributed by atoms with Gasteiger partial charge in [0.15, 0.2) is 0 Å². The van der Waals surface area contributed by atoms with E-state index in [1.54, 1.807) is 0 Å². The Bertz CT molecular complexity index is 261. The van der Waals surface area contributed by atoms with Gasteiger partial charge in [-0.15, -0.1) is 0 Å². The molecule has 1 heterocycles. The minimum absolute atomic E-state index is 0.143. The van der Waals surface area contributed by atoms with Gasteiger partial charge < -0.3 is 14.8 Å². The number of nitrogens with one attached hydrogen (secondary N) is 1. The summed E-state index contributed by atoms with van der Waals surface area (Å²) in [7, 11) is 0. The van der Waals surface area contributed by atoms with Crippen molar-refractivity contribution in [3.8, 4) is 0 Å². The Morgan fingerprint density at radius 2 is 2.26 bits per heavy atom. The molecule has 0 aliphatic carbocycles. The Balaban J connectivity index is 2.47. The lowest BCUT2D eigenvalue weighted by Gasteiger charge is -2.34. The van der Waals surface area contributed by atoms with Crippen molar-refractivity contribution in [1.82, 2.24) is 10.2 Å². The molecule has 0 aromatic rings. The molecule has 0 spiro atoms. The normalized spacial score (nSPS) is 22.2. The van der Waals surface area contributed by atoms with Crippen LogP contribution in [-0.2, 0) is 14.3 Å². The number of nitrogens with zero attached hydrogens (tertiary/aromatic N) is 1. The molecule has 1 fully saturated rings. The van der Waals surface area contributed by atoms with E-state index >= 15 is 0 Å². The average molecular weight is 272 g/mol. The lowest BCUT2D eigenvalue weighted by Crippen LogP contribution is -2.51. The van der Waals surface area contributed by atoms with Crippen LogP contribution < -0.4 is 5.32 Å². The molecule has 1 aliphatic rings. The van der Waals surface area contributed by atoms with Gasteiger partial charge in [-0.25, -0.2) is 0 Å². The van der Waals surface area contributed by atoms with Crippen molar-refractivity contribution in [1.29, 1.82) is 0 Å². The van der Waals surface area contributed by atoms with Crippen LogP contribution in [0.25, 0.3) is 0 Å². The van der Waals surface area contributed by atoms with E-state index in [0.29, 0.717) is 19.3 Å². The maximum absolute atomic E-state index is 11.9. The maximum atomic E-state index is 11.9. The van der Waals surface area contributed by atoms with E-state index < -0.39 is 0 Å². The topological polar surface area (TPSA) is 50.8 Å². The Morgan fingerprint density at radius 3 is 2.89 bits per heavy atom. The molecule has 1 aliphatic heterocycles. The number of esters is 1. The number of rotatable bonds is 8. The highest BCUT2D eigenvalue weighted by Crippen LogP contribution is 2.09. The van der Waals surface area contributed by atoms with Gasteiger partial charge >= 0.3 is 5.97 Å². The highest BCUT2D eigenvalue weighted by Gasteiger charge is 2.26. The molecule has 19 heavy (non-hydrogen) atoms. The van der Waals surface area contributed by atoms with Crippen molar-refractivity contribution in [3.63, 3.8) is 0 Å². The standard InChI is InChI=1S/C14H28N2O3/c1-4-7-15-13(14(17)18-6-3)11-16-8-9-19-12(5-2)10-16/h12-13,15H,4-11H2,1-3H3. The molecule has 2 unspecified atom stereocenters. The van der Waals surface area contributed by atoms with Crippen molar-refractivity contribution >= 4 is 5.97 Å². The summed E-state index contributed by atoms with van der Waals surface area (Å²) in [5, 5.41) is 3.28. The first-order valence-electron chi connectivity index (χ1n) is 7.45. The van der Waals surface area contributed by atoms with Crippen LogP contribution in [0.3, 0.4) is 0 Å². The minimum atomic E-state index is -0.226.